The standard InChI is InChI=1S/C23H29N7O/c1-3-24-23(29-16-14-28(15-17-29)22-6-4-5-12-25-22)26-18-19-11-13-30(27-19)20-7-9-21(31-2)10-8-20/h4-13H,3,14-18H2,1-2H3,(H,24,26). The second-order valence-corrected chi connectivity index (χ2v) is 7.28. The van der Waals surface area contributed by atoms with Crippen molar-refractivity contribution in [3.05, 3.63) is 66.6 Å². The lowest BCUT2D eigenvalue weighted by molar-refractivity contribution is 0.371. The van der Waals surface area contributed by atoms with Gasteiger partial charge in [-0.25, -0.2) is 14.7 Å². The van der Waals surface area contributed by atoms with Gasteiger partial charge in [-0.1, -0.05) is 6.07 Å². The first-order valence-electron chi connectivity index (χ1n) is 10.6. The second kappa shape index (κ2) is 9.97. The molecule has 2 aromatic heterocycles. The number of pyridine rings is 1. The molecule has 1 saturated heterocycles. The molecule has 8 nitrogen and oxygen atoms in total. The normalized spacial score (nSPS) is 14.6. The fourth-order valence-corrected chi connectivity index (χ4v) is 3.59. The number of nitrogens with zero attached hydrogens (tertiary/aromatic N) is 6. The SMILES string of the molecule is CCNC(=NCc1ccn(-c2ccc(OC)cc2)n1)N1CCN(c2ccccn2)CC1. The smallest absolute Gasteiger partial charge is 0.194 e. The summed E-state index contributed by atoms with van der Waals surface area (Å²) < 4.78 is 7.09. The third-order valence-corrected chi connectivity index (χ3v) is 5.26. The van der Waals surface area contributed by atoms with Gasteiger partial charge in [-0.05, 0) is 49.4 Å². The van der Waals surface area contributed by atoms with Crippen molar-refractivity contribution < 1.29 is 4.74 Å². The van der Waals surface area contributed by atoms with E-state index in [4.69, 9.17) is 9.73 Å². The predicted molar refractivity (Wildman–Crippen MR) is 123 cm³/mol. The number of rotatable bonds is 6. The van der Waals surface area contributed by atoms with Gasteiger partial charge in [0.05, 0.1) is 25.0 Å². The Kier molecular flexibility index (Phi) is 6.66. The minimum absolute atomic E-state index is 0.534. The molecule has 3 aromatic rings. The van der Waals surface area contributed by atoms with Gasteiger partial charge in [0.25, 0.3) is 0 Å². The van der Waals surface area contributed by atoms with Gasteiger partial charge in [-0.3, -0.25) is 0 Å². The van der Waals surface area contributed by atoms with Crippen molar-refractivity contribution >= 4 is 11.8 Å². The van der Waals surface area contributed by atoms with E-state index in [1.807, 2.05) is 59.5 Å². The number of ether oxygens (including phenoxy) is 1. The van der Waals surface area contributed by atoms with Gasteiger partial charge < -0.3 is 19.9 Å². The number of nitrogens with one attached hydrogen (secondary N) is 1. The fourth-order valence-electron chi connectivity index (χ4n) is 3.59. The number of hydrogen-bond acceptors (Lipinski definition) is 5. The van der Waals surface area contributed by atoms with Gasteiger partial charge in [0.15, 0.2) is 5.96 Å². The lowest BCUT2D eigenvalue weighted by Crippen LogP contribution is -2.52. The van der Waals surface area contributed by atoms with E-state index in [1.54, 1.807) is 7.11 Å². The highest BCUT2D eigenvalue weighted by molar-refractivity contribution is 5.80. The van der Waals surface area contributed by atoms with Crippen LogP contribution in [-0.4, -0.2) is 65.5 Å². The summed E-state index contributed by atoms with van der Waals surface area (Å²) in [6.45, 7) is 7.12. The van der Waals surface area contributed by atoms with Gasteiger partial charge in [-0.15, -0.1) is 0 Å². The molecule has 8 heteroatoms. The third kappa shape index (κ3) is 5.14. The van der Waals surface area contributed by atoms with Crippen LogP contribution in [0.25, 0.3) is 5.69 Å². The van der Waals surface area contributed by atoms with Gasteiger partial charge in [0, 0.05) is 45.1 Å². The summed E-state index contributed by atoms with van der Waals surface area (Å²) in [6, 6.07) is 15.9. The molecule has 1 fully saturated rings. The van der Waals surface area contributed by atoms with Crippen molar-refractivity contribution in [2.24, 2.45) is 4.99 Å². The number of benzene rings is 1. The fraction of sp³-hybridized carbons (Fsp3) is 0.348. The lowest BCUT2D eigenvalue weighted by atomic mass is 10.3. The topological polar surface area (TPSA) is 70.8 Å². The van der Waals surface area contributed by atoms with E-state index in [0.717, 1.165) is 61.6 Å². The summed E-state index contributed by atoms with van der Waals surface area (Å²) in [5.41, 5.74) is 1.92. The first kappa shape index (κ1) is 20.7. The van der Waals surface area contributed by atoms with E-state index in [1.165, 1.54) is 0 Å². The number of methoxy groups -OCH3 is 1. The van der Waals surface area contributed by atoms with Gasteiger partial charge in [0.1, 0.15) is 11.6 Å². The van der Waals surface area contributed by atoms with Crippen molar-refractivity contribution in [1.82, 2.24) is 25.0 Å². The van der Waals surface area contributed by atoms with Crippen LogP contribution in [0.15, 0.2) is 65.9 Å². The molecule has 0 atom stereocenters. The summed E-state index contributed by atoms with van der Waals surface area (Å²) in [5.74, 6) is 2.80. The average molecular weight is 420 g/mol. The highest BCUT2D eigenvalue weighted by atomic mass is 16.5. The van der Waals surface area contributed by atoms with Crippen LogP contribution < -0.4 is 15.0 Å². The maximum absolute atomic E-state index is 5.22. The second-order valence-electron chi connectivity index (χ2n) is 7.28. The third-order valence-electron chi connectivity index (χ3n) is 5.26. The molecule has 0 aliphatic carbocycles. The molecule has 1 aliphatic rings. The molecule has 0 radical (unpaired) electrons. The van der Waals surface area contributed by atoms with Crippen LogP contribution in [-0.2, 0) is 6.54 Å². The maximum atomic E-state index is 5.22. The first-order chi connectivity index (χ1) is 15.3. The van der Waals surface area contributed by atoms with Crippen LogP contribution in [0.2, 0.25) is 0 Å². The minimum atomic E-state index is 0.534. The number of aliphatic imine (C=N–C) groups is 1. The Hall–Kier alpha value is -3.55. The summed E-state index contributed by atoms with van der Waals surface area (Å²) in [4.78, 5) is 13.9. The molecule has 0 amide bonds. The molecule has 0 saturated carbocycles. The Morgan fingerprint density at radius 1 is 1.06 bits per heavy atom. The summed E-state index contributed by atoms with van der Waals surface area (Å²) >= 11 is 0. The first-order valence-corrected chi connectivity index (χ1v) is 10.6. The summed E-state index contributed by atoms with van der Waals surface area (Å²) in [6.07, 6.45) is 3.81. The van der Waals surface area contributed by atoms with E-state index in [2.05, 4.69) is 38.2 Å². The maximum Gasteiger partial charge on any atom is 0.194 e. The van der Waals surface area contributed by atoms with Crippen molar-refractivity contribution in [2.45, 2.75) is 13.5 Å². The minimum Gasteiger partial charge on any atom is -0.497 e. The van der Waals surface area contributed by atoms with Gasteiger partial charge >= 0.3 is 0 Å². The molecular formula is C23H29N7O. The molecule has 31 heavy (non-hydrogen) atoms. The molecule has 0 spiro atoms. The molecule has 162 valence electrons. The molecular weight excluding hydrogens is 390 g/mol. The van der Waals surface area contributed by atoms with Crippen LogP contribution in [0, 0.1) is 0 Å². The molecule has 1 aliphatic heterocycles. The molecule has 4 rings (SSSR count). The van der Waals surface area contributed by atoms with Crippen LogP contribution in [0.3, 0.4) is 0 Å². The Morgan fingerprint density at radius 3 is 2.55 bits per heavy atom. The zero-order valence-electron chi connectivity index (χ0n) is 18.1. The highest BCUT2D eigenvalue weighted by Gasteiger charge is 2.20. The molecule has 0 unspecified atom stereocenters. The molecule has 0 bridgehead atoms. The highest BCUT2D eigenvalue weighted by Crippen LogP contribution is 2.15. The van der Waals surface area contributed by atoms with E-state index < -0.39 is 0 Å². The number of guanidine groups is 1. The molecule has 1 aromatic carbocycles. The average Bonchev–Trinajstić information content (AvgIpc) is 3.31. The van der Waals surface area contributed by atoms with Crippen LogP contribution in [0.4, 0.5) is 5.82 Å². The van der Waals surface area contributed by atoms with Crippen molar-refractivity contribution in [2.75, 3.05) is 44.7 Å². The monoisotopic (exact) mass is 419 g/mol. The molecule has 3 heterocycles. The quantitative estimate of drug-likeness (QED) is 0.489. The van der Waals surface area contributed by atoms with Gasteiger partial charge in [-0.2, -0.15) is 5.10 Å². The van der Waals surface area contributed by atoms with Crippen molar-refractivity contribution in [3.63, 3.8) is 0 Å². The molecule has 1 N–H and O–H groups in total. The van der Waals surface area contributed by atoms with Crippen molar-refractivity contribution in [1.29, 1.82) is 0 Å². The van der Waals surface area contributed by atoms with Crippen molar-refractivity contribution in [3.8, 4) is 11.4 Å². The largest absolute Gasteiger partial charge is 0.497 e. The zero-order chi connectivity index (χ0) is 21.5. The number of aromatic nitrogens is 3. The van der Waals surface area contributed by atoms with E-state index >= 15 is 0 Å². The predicted octanol–water partition coefficient (Wildman–Crippen LogP) is 2.56. The van der Waals surface area contributed by atoms with E-state index in [9.17, 15) is 0 Å². The van der Waals surface area contributed by atoms with Crippen LogP contribution in [0.5, 0.6) is 5.75 Å². The summed E-state index contributed by atoms with van der Waals surface area (Å²) in [7, 11) is 1.67. The Labute approximate surface area is 183 Å². The van der Waals surface area contributed by atoms with Gasteiger partial charge in [0.2, 0.25) is 0 Å². The number of anilines is 1. The lowest BCUT2D eigenvalue weighted by Gasteiger charge is -2.37. The Balaban J connectivity index is 1.38. The van der Waals surface area contributed by atoms with E-state index in [-0.39, 0.29) is 0 Å². The Morgan fingerprint density at radius 2 is 1.87 bits per heavy atom. The van der Waals surface area contributed by atoms with E-state index in [0.29, 0.717) is 6.54 Å². The van der Waals surface area contributed by atoms with Crippen LogP contribution in [0.1, 0.15) is 12.6 Å². The zero-order valence-corrected chi connectivity index (χ0v) is 18.1. The Bertz CT molecular complexity index is 977. The number of piperazine rings is 1. The number of hydrogen-bond donors (Lipinski definition) is 1. The van der Waals surface area contributed by atoms with Crippen LogP contribution >= 0.6 is 0 Å². The summed E-state index contributed by atoms with van der Waals surface area (Å²) in [5, 5.41) is 8.09.